The molecule has 2 aromatic rings. The van der Waals surface area contributed by atoms with E-state index in [0.29, 0.717) is 17.0 Å². The summed E-state index contributed by atoms with van der Waals surface area (Å²) < 4.78 is 28.1. The first-order chi connectivity index (χ1) is 12.6. The Bertz CT molecular complexity index is 749. The van der Waals surface area contributed by atoms with E-state index in [-0.39, 0.29) is 0 Å². The van der Waals surface area contributed by atoms with Gasteiger partial charge in [-0.25, -0.2) is 8.78 Å². The molecule has 0 radical (unpaired) electrons. The van der Waals surface area contributed by atoms with Crippen molar-refractivity contribution in [2.75, 3.05) is 0 Å². The summed E-state index contributed by atoms with van der Waals surface area (Å²) in [6.45, 7) is 1.59. The van der Waals surface area contributed by atoms with Crippen molar-refractivity contribution in [1.29, 1.82) is 0 Å². The number of aryl methyl sites for hydroxylation is 1. The van der Waals surface area contributed by atoms with E-state index < -0.39 is 11.6 Å². The van der Waals surface area contributed by atoms with Crippen LogP contribution in [0.4, 0.5) is 8.78 Å². The van der Waals surface area contributed by atoms with E-state index >= 15 is 0 Å². The highest BCUT2D eigenvalue weighted by molar-refractivity contribution is 5.65. The molecule has 4 rings (SSSR count). The van der Waals surface area contributed by atoms with Gasteiger partial charge >= 0.3 is 0 Å². The predicted octanol–water partition coefficient (Wildman–Crippen LogP) is 7.40. The quantitative estimate of drug-likeness (QED) is 0.538. The molecule has 0 unspecified atom stereocenters. The average molecular weight is 354 g/mol. The fourth-order valence-corrected chi connectivity index (χ4v) is 5.16. The first-order valence-electron chi connectivity index (χ1n) is 10.2. The van der Waals surface area contributed by atoms with Gasteiger partial charge in [-0.1, -0.05) is 62.1 Å². The molecule has 0 amide bonds. The first-order valence-corrected chi connectivity index (χ1v) is 10.2. The van der Waals surface area contributed by atoms with Crippen LogP contribution in [0.15, 0.2) is 36.4 Å². The lowest BCUT2D eigenvalue weighted by molar-refractivity contribution is 0.235. The van der Waals surface area contributed by atoms with Gasteiger partial charge in [-0.15, -0.1) is 0 Å². The maximum Gasteiger partial charge on any atom is 0.166 e. The summed E-state index contributed by atoms with van der Waals surface area (Å²) in [5.41, 5.74) is 2.81. The minimum atomic E-state index is -0.741. The summed E-state index contributed by atoms with van der Waals surface area (Å²) in [5, 5.41) is 0. The zero-order valence-corrected chi connectivity index (χ0v) is 15.6. The minimum absolute atomic E-state index is 0.349. The molecule has 0 aliphatic heterocycles. The molecule has 138 valence electrons. The zero-order chi connectivity index (χ0) is 18.1. The average Bonchev–Trinajstić information content (AvgIpc) is 3.22. The Kier molecular flexibility index (Phi) is 5.11. The predicted molar refractivity (Wildman–Crippen MR) is 103 cm³/mol. The van der Waals surface area contributed by atoms with E-state index in [1.54, 1.807) is 19.1 Å². The molecule has 0 aromatic heterocycles. The molecule has 2 heteroatoms. The minimum Gasteiger partial charge on any atom is -0.203 e. The van der Waals surface area contributed by atoms with Crippen LogP contribution in [0.1, 0.15) is 68.4 Å². The highest BCUT2D eigenvalue weighted by atomic mass is 19.2. The molecule has 0 heterocycles. The summed E-state index contributed by atoms with van der Waals surface area (Å²) in [6, 6.07) is 11.5. The van der Waals surface area contributed by atoms with Crippen molar-refractivity contribution in [2.24, 2.45) is 11.8 Å². The third-order valence-corrected chi connectivity index (χ3v) is 6.81. The number of hydrogen-bond donors (Lipinski definition) is 0. The van der Waals surface area contributed by atoms with Gasteiger partial charge in [0.1, 0.15) is 0 Å². The SMILES string of the molecule is Cc1ccc(-c2ccc(C3CCC(C4CCCC4)CC3)cc2)c(F)c1F. The maximum atomic E-state index is 14.2. The van der Waals surface area contributed by atoms with E-state index in [4.69, 9.17) is 0 Å². The van der Waals surface area contributed by atoms with Crippen LogP contribution in [-0.4, -0.2) is 0 Å². The molecular formula is C24H28F2. The fraction of sp³-hybridized carbons (Fsp3) is 0.500. The topological polar surface area (TPSA) is 0 Å². The second kappa shape index (κ2) is 7.50. The van der Waals surface area contributed by atoms with Crippen LogP contribution in [-0.2, 0) is 0 Å². The number of halogens is 2. The van der Waals surface area contributed by atoms with E-state index in [2.05, 4.69) is 12.1 Å². The van der Waals surface area contributed by atoms with Crippen molar-refractivity contribution in [3.63, 3.8) is 0 Å². The smallest absolute Gasteiger partial charge is 0.166 e. The molecule has 0 saturated heterocycles. The van der Waals surface area contributed by atoms with Gasteiger partial charge in [-0.2, -0.15) is 0 Å². The van der Waals surface area contributed by atoms with E-state index in [1.165, 1.54) is 56.9 Å². The molecule has 2 fully saturated rings. The van der Waals surface area contributed by atoms with Crippen molar-refractivity contribution >= 4 is 0 Å². The Morgan fingerprint density at radius 2 is 1.31 bits per heavy atom. The highest BCUT2D eigenvalue weighted by Crippen LogP contribution is 2.43. The lowest BCUT2D eigenvalue weighted by Crippen LogP contribution is -2.19. The van der Waals surface area contributed by atoms with E-state index in [1.807, 2.05) is 12.1 Å². The van der Waals surface area contributed by atoms with Gasteiger partial charge in [0.15, 0.2) is 11.6 Å². The van der Waals surface area contributed by atoms with Gasteiger partial charge < -0.3 is 0 Å². The summed E-state index contributed by atoms with van der Waals surface area (Å²) >= 11 is 0. The van der Waals surface area contributed by atoms with Crippen LogP contribution in [0.25, 0.3) is 11.1 Å². The van der Waals surface area contributed by atoms with Crippen molar-refractivity contribution < 1.29 is 8.78 Å². The molecule has 2 saturated carbocycles. The van der Waals surface area contributed by atoms with Crippen molar-refractivity contribution in [3.8, 4) is 11.1 Å². The Labute approximate surface area is 155 Å². The molecule has 0 atom stereocenters. The lowest BCUT2D eigenvalue weighted by atomic mass is 9.73. The molecule has 0 bridgehead atoms. The second-order valence-electron chi connectivity index (χ2n) is 8.34. The summed E-state index contributed by atoms with van der Waals surface area (Å²) in [4.78, 5) is 0. The van der Waals surface area contributed by atoms with Crippen LogP contribution in [0.5, 0.6) is 0 Å². The molecule has 26 heavy (non-hydrogen) atoms. The van der Waals surface area contributed by atoms with Gasteiger partial charge in [-0.3, -0.25) is 0 Å². The molecule has 2 aliphatic rings. The van der Waals surface area contributed by atoms with Crippen molar-refractivity contribution in [2.45, 2.75) is 64.2 Å². The Morgan fingerprint density at radius 3 is 1.96 bits per heavy atom. The van der Waals surface area contributed by atoms with Crippen LogP contribution >= 0.6 is 0 Å². The standard InChI is InChI=1S/C24H28F2/c1-16-6-15-22(24(26)23(16)25)21-13-11-20(12-14-21)19-9-7-18(8-10-19)17-4-2-3-5-17/h6,11-15,17-19H,2-5,7-10H2,1H3. The van der Waals surface area contributed by atoms with Gasteiger partial charge in [0, 0.05) is 5.56 Å². The fourth-order valence-electron chi connectivity index (χ4n) is 5.16. The summed E-state index contributed by atoms with van der Waals surface area (Å²) in [7, 11) is 0. The third-order valence-electron chi connectivity index (χ3n) is 6.81. The van der Waals surface area contributed by atoms with Gasteiger partial charge in [0.2, 0.25) is 0 Å². The lowest BCUT2D eigenvalue weighted by Gasteiger charge is -2.32. The Morgan fingerprint density at radius 1 is 0.692 bits per heavy atom. The number of hydrogen-bond acceptors (Lipinski definition) is 0. The third kappa shape index (κ3) is 3.43. The largest absolute Gasteiger partial charge is 0.203 e. The summed E-state index contributed by atoms with van der Waals surface area (Å²) in [5.74, 6) is 1.07. The number of rotatable bonds is 3. The highest BCUT2D eigenvalue weighted by Gasteiger charge is 2.29. The van der Waals surface area contributed by atoms with Crippen LogP contribution in [0.2, 0.25) is 0 Å². The normalized spacial score (nSPS) is 24.1. The van der Waals surface area contributed by atoms with Crippen LogP contribution < -0.4 is 0 Å². The van der Waals surface area contributed by atoms with E-state index in [0.717, 1.165) is 17.4 Å². The maximum absolute atomic E-state index is 14.2. The monoisotopic (exact) mass is 354 g/mol. The van der Waals surface area contributed by atoms with Gasteiger partial charge in [-0.05, 0) is 67.1 Å². The Balaban J connectivity index is 1.44. The van der Waals surface area contributed by atoms with Gasteiger partial charge in [0.25, 0.3) is 0 Å². The Hall–Kier alpha value is -1.70. The molecule has 2 aromatic carbocycles. The second-order valence-corrected chi connectivity index (χ2v) is 8.34. The van der Waals surface area contributed by atoms with Crippen LogP contribution in [0.3, 0.4) is 0 Å². The number of benzene rings is 2. The zero-order valence-electron chi connectivity index (χ0n) is 15.6. The molecular weight excluding hydrogens is 326 g/mol. The summed E-state index contributed by atoms with van der Waals surface area (Å²) in [6.07, 6.45) is 11.0. The molecule has 0 N–H and O–H groups in total. The van der Waals surface area contributed by atoms with Crippen molar-refractivity contribution in [1.82, 2.24) is 0 Å². The van der Waals surface area contributed by atoms with Crippen LogP contribution in [0, 0.1) is 30.4 Å². The van der Waals surface area contributed by atoms with Gasteiger partial charge in [0.05, 0.1) is 0 Å². The first kappa shape index (κ1) is 17.7. The molecule has 2 aliphatic carbocycles. The van der Waals surface area contributed by atoms with Crippen molar-refractivity contribution in [3.05, 3.63) is 59.2 Å². The molecule has 0 nitrogen and oxygen atoms in total. The molecule has 0 spiro atoms. The van der Waals surface area contributed by atoms with E-state index in [9.17, 15) is 8.78 Å².